The molecule has 0 aliphatic carbocycles. The van der Waals surface area contributed by atoms with Crippen molar-refractivity contribution < 1.29 is 17.9 Å². The van der Waals surface area contributed by atoms with Gasteiger partial charge in [-0.25, -0.2) is 13.4 Å². The lowest BCUT2D eigenvalue weighted by molar-refractivity contribution is 0.102. The Labute approximate surface area is 270 Å². The van der Waals surface area contributed by atoms with E-state index in [1.807, 2.05) is 80.2 Å². The van der Waals surface area contributed by atoms with Gasteiger partial charge in [-0.2, -0.15) is 9.29 Å². The summed E-state index contributed by atoms with van der Waals surface area (Å²) in [6.45, 7) is 8.14. The second kappa shape index (κ2) is 13.1. The van der Waals surface area contributed by atoms with Crippen molar-refractivity contribution in [2.24, 2.45) is 0 Å². The molecule has 2 aliphatic rings. The van der Waals surface area contributed by atoms with Crippen LogP contribution in [0.4, 0.5) is 23.0 Å². The van der Waals surface area contributed by atoms with Gasteiger partial charge in [-0.15, -0.1) is 0 Å². The van der Waals surface area contributed by atoms with Crippen molar-refractivity contribution in [3.63, 3.8) is 0 Å². The Hall–Kier alpha value is -4.42. The molecule has 0 unspecified atom stereocenters. The van der Waals surface area contributed by atoms with E-state index in [0.29, 0.717) is 62.0 Å². The number of aromatic nitrogens is 3. The number of ether oxygens (including phenoxy) is 1. The fraction of sp³-hybridized carbons (Fsp3) is 0.382. The van der Waals surface area contributed by atoms with Crippen LogP contribution in [-0.4, -0.2) is 72.2 Å². The van der Waals surface area contributed by atoms with Crippen LogP contribution in [0.3, 0.4) is 0 Å². The lowest BCUT2D eigenvalue weighted by Gasteiger charge is -2.35. The van der Waals surface area contributed by atoms with Crippen LogP contribution >= 0.6 is 0 Å². The average molecular weight is 644 g/mol. The first kappa shape index (κ1) is 31.6. The van der Waals surface area contributed by atoms with Gasteiger partial charge >= 0.3 is 0 Å². The molecule has 242 valence electrons. The molecule has 6 rings (SSSR count). The Morgan fingerprint density at radius 1 is 1.02 bits per heavy atom. The minimum absolute atomic E-state index is 0.133. The van der Waals surface area contributed by atoms with Gasteiger partial charge in [0, 0.05) is 67.3 Å². The number of unbranched alkanes of at least 4 members (excludes halogenated alkanes) is 1. The van der Waals surface area contributed by atoms with Crippen LogP contribution in [0.15, 0.2) is 54.9 Å². The molecular weight excluding hydrogens is 602 g/mol. The van der Waals surface area contributed by atoms with E-state index in [4.69, 9.17) is 9.72 Å². The third-order valence-electron chi connectivity index (χ3n) is 8.84. The molecule has 2 aromatic heterocycles. The van der Waals surface area contributed by atoms with E-state index in [9.17, 15) is 13.2 Å². The number of para-hydroxylation sites is 1. The number of carbonyl (C=O) groups excluding carboxylic acids is 1. The molecule has 0 atom stereocenters. The van der Waals surface area contributed by atoms with E-state index in [2.05, 4.69) is 20.5 Å². The maximum absolute atomic E-state index is 13.4. The molecular formula is C34H41N7O4S. The summed E-state index contributed by atoms with van der Waals surface area (Å²) in [4.78, 5) is 25.0. The number of aryl methyl sites for hydroxylation is 3. The van der Waals surface area contributed by atoms with E-state index >= 15 is 0 Å². The van der Waals surface area contributed by atoms with Gasteiger partial charge < -0.3 is 24.8 Å². The highest BCUT2D eigenvalue weighted by Gasteiger charge is 2.27. The number of anilines is 4. The first-order valence-electron chi connectivity index (χ1n) is 15.8. The number of hydrogen-bond donors (Lipinski definition) is 2. The smallest absolute Gasteiger partial charge is 0.257 e. The van der Waals surface area contributed by atoms with E-state index in [0.717, 1.165) is 52.4 Å². The van der Waals surface area contributed by atoms with Gasteiger partial charge in [-0.3, -0.25) is 4.79 Å². The summed E-state index contributed by atoms with van der Waals surface area (Å²) < 4.78 is 34.6. The summed E-state index contributed by atoms with van der Waals surface area (Å²) in [5, 5.41) is 6.42. The molecule has 0 saturated carbocycles. The number of piperazine rings is 1. The summed E-state index contributed by atoms with van der Waals surface area (Å²) in [7, 11) is -1.59. The van der Waals surface area contributed by atoms with Gasteiger partial charge in [0.15, 0.2) is 0 Å². The number of hydrogen-bond acceptors (Lipinski definition) is 8. The second-order valence-electron chi connectivity index (χ2n) is 11.9. The van der Waals surface area contributed by atoms with E-state index in [-0.39, 0.29) is 11.7 Å². The fourth-order valence-corrected chi connectivity index (χ4v) is 7.83. The zero-order valence-corrected chi connectivity index (χ0v) is 27.7. The third kappa shape index (κ3) is 6.32. The molecule has 0 bridgehead atoms. The van der Waals surface area contributed by atoms with Crippen LogP contribution in [0.2, 0.25) is 0 Å². The zero-order valence-electron chi connectivity index (χ0n) is 26.8. The molecule has 0 spiro atoms. The molecule has 1 fully saturated rings. The Kier molecular flexibility index (Phi) is 9.01. The molecule has 2 aromatic carbocycles. The average Bonchev–Trinajstić information content (AvgIpc) is 3.51. The predicted octanol–water partition coefficient (Wildman–Crippen LogP) is 5.24. The number of amides is 1. The van der Waals surface area contributed by atoms with Crippen LogP contribution < -0.4 is 20.3 Å². The van der Waals surface area contributed by atoms with Crippen LogP contribution in [0, 0.1) is 13.8 Å². The Bertz CT molecular complexity index is 1840. The Morgan fingerprint density at radius 2 is 1.78 bits per heavy atom. The fourth-order valence-electron chi connectivity index (χ4n) is 6.19. The van der Waals surface area contributed by atoms with Crippen LogP contribution in [0.5, 0.6) is 5.75 Å². The van der Waals surface area contributed by atoms with E-state index in [1.54, 1.807) is 11.4 Å². The maximum Gasteiger partial charge on any atom is 0.257 e. The van der Waals surface area contributed by atoms with Crippen molar-refractivity contribution in [1.29, 1.82) is 0 Å². The highest BCUT2D eigenvalue weighted by molar-refractivity contribution is 7.89. The first-order chi connectivity index (χ1) is 22.2. The number of methoxy groups -OCH3 is 1. The number of fused-ring (bicyclic) bond motifs is 3. The second-order valence-corrected chi connectivity index (χ2v) is 14.0. The third-order valence-corrected chi connectivity index (χ3v) is 10.8. The van der Waals surface area contributed by atoms with Crippen molar-refractivity contribution in [2.45, 2.75) is 46.5 Å². The van der Waals surface area contributed by atoms with Crippen LogP contribution in [0.25, 0.3) is 5.82 Å². The molecule has 11 nitrogen and oxygen atoms in total. The van der Waals surface area contributed by atoms with Crippen LogP contribution in [-0.2, 0) is 22.9 Å². The number of benzene rings is 2. The molecule has 12 heteroatoms. The number of rotatable bonds is 10. The number of carbonyl (C=O) groups is 1. The highest BCUT2D eigenvalue weighted by Crippen LogP contribution is 2.33. The van der Waals surface area contributed by atoms with Gasteiger partial charge in [0.1, 0.15) is 11.6 Å². The predicted molar refractivity (Wildman–Crippen MR) is 181 cm³/mol. The summed E-state index contributed by atoms with van der Waals surface area (Å²) >= 11 is 0. The maximum atomic E-state index is 13.4. The van der Waals surface area contributed by atoms with Crippen molar-refractivity contribution >= 4 is 38.9 Å². The Balaban J connectivity index is 1.17. The summed E-state index contributed by atoms with van der Waals surface area (Å²) in [6, 6.07) is 13.7. The number of sulfonamides is 1. The van der Waals surface area contributed by atoms with E-state index in [1.165, 1.54) is 0 Å². The quantitative estimate of drug-likeness (QED) is 0.241. The number of nitrogens with one attached hydrogen (secondary N) is 2. The van der Waals surface area contributed by atoms with Gasteiger partial charge in [0.25, 0.3) is 5.91 Å². The van der Waals surface area contributed by atoms with Crippen molar-refractivity contribution in [2.75, 3.05) is 54.6 Å². The SMILES string of the molecule is CCCCS(=O)(=O)N1CCN(c2ccc(Nc3ncc4c(n3)-n3ccc(C(=O)Nc5c(C)cccc5C)c3CC4)c(OC)c2)CC1. The molecule has 2 aliphatic heterocycles. The molecule has 1 saturated heterocycles. The van der Waals surface area contributed by atoms with Crippen LogP contribution in [0.1, 0.15) is 52.5 Å². The molecule has 1 amide bonds. The van der Waals surface area contributed by atoms with Crippen molar-refractivity contribution in [3.8, 4) is 11.6 Å². The molecule has 4 heterocycles. The monoisotopic (exact) mass is 643 g/mol. The number of nitrogens with zero attached hydrogens (tertiary/aromatic N) is 5. The highest BCUT2D eigenvalue weighted by atomic mass is 32.2. The normalized spacial score (nSPS) is 14.8. The lowest BCUT2D eigenvalue weighted by Crippen LogP contribution is -2.49. The molecule has 2 N–H and O–H groups in total. The lowest BCUT2D eigenvalue weighted by atomic mass is 10.0. The minimum atomic E-state index is -3.21. The first-order valence-corrected chi connectivity index (χ1v) is 17.4. The van der Waals surface area contributed by atoms with Gasteiger partial charge in [0.2, 0.25) is 16.0 Å². The molecule has 46 heavy (non-hydrogen) atoms. The van der Waals surface area contributed by atoms with Gasteiger partial charge in [-0.1, -0.05) is 31.5 Å². The molecule has 4 aromatic rings. The standard InChI is InChI=1S/C34H41N7O4S/c1-5-6-20-46(43,44)40-18-16-39(17-19-40)26-11-12-28(30(21-26)45-4)36-34-35-22-25-10-13-29-27(14-15-41(29)32(25)38-34)33(42)37-31-23(2)8-7-9-24(31)3/h7-9,11-12,14-15,21-22H,5-6,10,13,16-20H2,1-4H3,(H,37,42)(H,35,36,38). The van der Waals surface area contributed by atoms with E-state index < -0.39 is 10.0 Å². The Morgan fingerprint density at radius 3 is 2.50 bits per heavy atom. The summed E-state index contributed by atoms with van der Waals surface area (Å²) in [6.07, 6.45) is 6.71. The summed E-state index contributed by atoms with van der Waals surface area (Å²) in [5.41, 5.74) is 7.12. The largest absolute Gasteiger partial charge is 0.494 e. The zero-order chi connectivity index (χ0) is 32.4. The van der Waals surface area contributed by atoms with Gasteiger partial charge in [0.05, 0.1) is 24.1 Å². The topological polar surface area (TPSA) is 122 Å². The molecule has 0 radical (unpaired) electrons. The summed E-state index contributed by atoms with van der Waals surface area (Å²) in [5.74, 6) is 1.86. The van der Waals surface area contributed by atoms with Crippen molar-refractivity contribution in [3.05, 3.63) is 82.8 Å². The van der Waals surface area contributed by atoms with Crippen molar-refractivity contribution in [1.82, 2.24) is 18.8 Å². The minimum Gasteiger partial charge on any atom is -0.494 e. The van der Waals surface area contributed by atoms with Gasteiger partial charge in [-0.05, 0) is 62.4 Å².